The van der Waals surface area contributed by atoms with Crippen molar-refractivity contribution in [1.82, 2.24) is 0 Å². The summed E-state index contributed by atoms with van der Waals surface area (Å²) in [5, 5.41) is 0.668. The van der Waals surface area contributed by atoms with Gasteiger partial charge in [-0.3, -0.25) is 4.79 Å². The van der Waals surface area contributed by atoms with E-state index in [-0.39, 0.29) is 17.4 Å². The standard InChI is InChI=1S/C24H16ClFO3/c1-15-2-3-17(14-20(15)25)23-11-9-19(28-23)8-10-21(27)24-13-12-22(29-24)16-4-6-18(26)7-5-16/h2-14H,1H3/b10-8+. The van der Waals surface area contributed by atoms with E-state index >= 15 is 0 Å². The van der Waals surface area contributed by atoms with Crippen molar-refractivity contribution >= 4 is 23.5 Å². The molecule has 0 bridgehead atoms. The summed E-state index contributed by atoms with van der Waals surface area (Å²) in [5.41, 5.74) is 2.55. The van der Waals surface area contributed by atoms with Gasteiger partial charge in [0.15, 0.2) is 5.76 Å². The average Bonchev–Trinajstić information content (AvgIpc) is 3.39. The Morgan fingerprint density at radius 2 is 1.59 bits per heavy atom. The van der Waals surface area contributed by atoms with Gasteiger partial charge in [0.05, 0.1) is 0 Å². The summed E-state index contributed by atoms with van der Waals surface area (Å²) in [5.74, 6) is 1.27. The fraction of sp³-hybridized carbons (Fsp3) is 0.0417. The van der Waals surface area contributed by atoms with Crippen LogP contribution in [0, 0.1) is 12.7 Å². The van der Waals surface area contributed by atoms with Crippen LogP contribution in [0.3, 0.4) is 0 Å². The van der Waals surface area contributed by atoms with Gasteiger partial charge in [-0.1, -0.05) is 23.7 Å². The molecule has 0 aliphatic heterocycles. The second-order valence-electron chi connectivity index (χ2n) is 6.53. The summed E-state index contributed by atoms with van der Waals surface area (Å²) in [6, 6.07) is 18.4. The summed E-state index contributed by atoms with van der Waals surface area (Å²) < 4.78 is 24.4. The molecular formula is C24H16ClFO3. The van der Waals surface area contributed by atoms with E-state index in [9.17, 15) is 9.18 Å². The van der Waals surface area contributed by atoms with Crippen molar-refractivity contribution in [3.05, 3.63) is 101 Å². The molecule has 0 spiro atoms. The molecule has 0 unspecified atom stereocenters. The van der Waals surface area contributed by atoms with Crippen molar-refractivity contribution in [1.29, 1.82) is 0 Å². The van der Waals surface area contributed by atoms with Crippen molar-refractivity contribution in [2.75, 3.05) is 0 Å². The number of hydrogen-bond acceptors (Lipinski definition) is 3. The number of hydrogen-bond donors (Lipinski definition) is 0. The largest absolute Gasteiger partial charge is 0.457 e. The summed E-state index contributed by atoms with van der Waals surface area (Å²) in [7, 11) is 0. The van der Waals surface area contributed by atoms with Gasteiger partial charge in [-0.05, 0) is 79.2 Å². The third-order valence-electron chi connectivity index (χ3n) is 4.46. The van der Waals surface area contributed by atoms with Gasteiger partial charge >= 0.3 is 0 Å². The van der Waals surface area contributed by atoms with Crippen molar-refractivity contribution in [3.8, 4) is 22.6 Å². The molecule has 0 N–H and O–H groups in total. The van der Waals surface area contributed by atoms with E-state index in [1.165, 1.54) is 18.2 Å². The van der Waals surface area contributed by atoms with Gasteiger partial charge in [-0.15, -0.1) is 0 Å². The fourth-order valence-corrected chi connectivity index (χ4v) is 3.00. The summed E-state index contributed by atoms with van der Waals surface area (Å²) >= 11 is 6.17. The zero-order valence-corrected chi connectivity index (χ0v) is 16.2. The van der Waals surface area contributed by atoms with E-state index in [1.807, 2.05) is 31.2 Å². The number of allylic oxidation sites excluding steroid dienone is 1. The fourth-order valence-electron chi connectivity index (χ4n) is 2.82. The van der Waals surface area contributed by atoms with Crippen LogP contribution in [0.5, 0.6) is 0 Å². The Hall–Kier alpha value is -3.37. The van der Waals surface area contributed by atoms with Crippen LogP contribution in [0.25, 0.3) is 28.7 Å². The van der Waals surface area contributed by atoms with E-state index in [4.69, 9.17) is 20.4 Å². The van der Waals surface area contributed by atoms with E-state index in [0.717, 1.165) is 11.1 Å². The Bertz CT molecular complexity index is 1200. The van der Waals surface area contributed by atoms with Crippen LogP contribution < -0.4 is 0 Å². The highest BCUT2D eigenvalue weighted by Gasteiger charge is 2.11. The van der Waals surface area contributed by atoms with Crippen LogP contribution in [-0.2, 0) is 0 Å². The maximum Gasteiger partial charge on any atom is 0.221 e. The van der Waals surface area contributed by atoms with Gasteiger partial charge < -0.3 is 8.83 Å². The third kappa shape index (κ3) is 4.23. The van der Waals surface area contributed by atoms with Gasteiger partial charge in [0.25, 0.3) is 0 Å². The van der Waals surface area contributed by atoms with Crippen molar-refractivity contribution in [3.63, 3.8) is 0 Å². The lowest BCUT2D eigenvalue weighted by atomic mass is 10.1. The molecule has 0 aliphatic rings. The molecule has 0 radical (unpaired) electrons. The third-order valence-corrected chi connectivity index (χ3v) is 4.87. The quantitative estimate of drug-likeness (QED) is 0.260. The molecule has 2 aromatic carbocycles. The Balaban J connectivity index is 1.48. The molecule has 0 atom stereocenters. The molecule has 0 amide bonds. The molecule has 0 aliphatic carbocycles. The first kappa shape index (κ1) is 19.0. The van der Waals surface area contributed by atoms with Crippen LogP contribution in [-0.4, -0.2) is 5.78 Å². The smallest absolute Gasteiger partial charge is 0.221 e. The molecule has 0 fully saturated rings. The highest BCUT2D eigenvalue weighted by atomic mass is 35.5. The molecule has 29 heavy (non-hydrogen) atoms. The minimum Gasteiger partial charge on any atom is -0.457 e. The van der Waals surface area contributed by atoms with Crippen LogP contribution in [0.4, 0.5) is 4.39 Å². The molecule has 2 heterocycles. The van der Waals surface area contributed by atoms with Gasteiger partial charge in [0.2, 0.25) is 5.78 Å². The van der Waals surface area contributed by atoms with Crippen molar-refractivity contribution in [2.45, 2.75) is 6.92 Å². The zero-order valence-electron chi connectivity index (χ0n) is 15.5. The molecular weight excluding hydrogens is 391 g/mol. The Labute approximate surface area is 172 Å². The molecule has 144 valence electrons. The number of rotatable bonds is 5. The van der Waals surface area contributed by atoms with Crippen molar-refractivity contribution in [2.24, 2.45) is 0 Å². The lowest BCUT2D eigenvalue weighted by Gasteiger charge is -2.00. The highest BCUT2D eigenvalue weighted by Crippen LogP contribution is 2.27. The average molecular weight is 407 g/mol. The van der Waals surface area contributed by atoms with Crippen LogP contribution in [0.2, 0.25) is 5.02 Å². The minimum atomic E-state index is -0.328. The molecule has 0 saturated carbocycles. The van der Waals surface area contributed by atoms with Crippen LogP contribution in [0.1, 0.15) is 21.9 Å². The Morgan fingerprint density at radius 1 is 0.897 bits per heavy atom. The number of ketones is 1. The monoisotopic (exact) mass is 406 g/mol. The summed E-state index contributed by atoms with van der Waals surface area (Å²) in [6.07, 6.45) is 2.97. The normalized spacial score (nSPS) is 11.3. The lowest BCUT2D eigenvalue weighted by Crippen LogP contribution is -1.90. The zero-order chi connectivity index (χ0) is 20.4. The number of furan rings is 2. The number of carbonyl (C=O) groups is 1. The van der Waals surface area contributed by atoms with Gasteiger partial charge in [-0.25, -0.2) is 4.39 Å². The summed E-state index contributed by atoms with van der Waals surface area (Å²) in [4.78, 5) is 12.4. The first-order valence-electron chi connectivity index (χ1n) is 8.94. The highest BCUT2D eigenvalue weighted by molar-refractivity contribution is 6.31. The van der Waals surface area contributed by atoms with E-state index in [0.29, 0.717) is 27.9 Å². The van der Waals surface area contributed by atoms with E-state index in [1.54, 1.807) is 36.4 Å². The molecule has 5 heteroatoms. The van der Waals surface area contributed by atoms with Crippen LogP contribution in [0.15, 0.2) is 81.6 Å². The maximum absolute atomic E-state index is 13.0. The molecule has 2 aromatic heterocycles. The number of benzene rings is 2. The van der Waals surface area contributed by atoms with E-state index < -0.39 is 0 Å². The molecule has 4 aromatic rings. The lowest BCUT2D eigenvalue weighted by molar-refractivity contribution is 0.102. The van der Waals surface area contributed by atoms with Gasteiger partial charge in [-0.2, -0.15) is 0 Å². The minimum absolute atomic E-state index is 0.192. The molecule has 0 saturated heterocycles. The van der Waals surface area contributed by atoms with Crippen molar-refractivity contribution < 1.29 is 18.0 Å². The Kier molecular flexibility index (Phi) is 5.19. The number of halogens is 2. The number of aryl methyl sites for hydroxylation is 1. The topological polar surface area (TPSA) is 43.4 Å². The van der Waals surface area contributed by atoms with Gasteiger partial charge in [0.1, 0.15) is 23.1 Å². The second-order valence-corrected chi connectivity index (χ2v) is 6.94. The first-order chi connectivity index (χ1) is 14.0. The maximum atomic E-state index is 13.0. The van der Waals surface area contributed by atoms with E-state index in [2.05, 4.69) is 0 Å². The van der Waals surface area contributed by atoms with Gasteiger partial charge in [0, 0.05) is 16.1 Å². The first-order valence-corrected chi connectivity index (χ1v) is 9.32. The molecule has 3 nitrogen and oxygen atoms in total. The second kappa shape index (κ2) is 7.94. The van der Waals surface area contributed by atoms with Crippen LogP contribution >= 0.6 is 11.6 Å². The Morgan fingerprint density at radius 3 is 2.34 bits per heavy atom. The summed E-state index contributed by atoms with van der Waals surface area (Å²) in [6.45, 7) is 1.93. The number of carbonyl (C=O) groups excluding carboxylic acids is 1. The predicted molar refractivity (Wildman–Crippen MR) is 111 cm³/mol. The predicted octanol–water partition coefficient (Wildman–Crippen LogP) is 7.20. The molecule has 4 rings (SSSR count). The SMILES string of the molecule is Cc1ccc(-c2ccc(/C=C/C(=O)c3ccc(-c4ccc(F)cc4)o3)o2)cc1Cl.